The third-order valence-electron chi connectivity index (χ3n) is 0.824. The van der Waals surface area contributed by atoms with Gasteiger partial charge < -0.3 is 4.98 Å². The predicted molar refractivity (Wildman–Crippen MR) is 31.1 cm³/mol. The molecule has 0 saturated heterocycles. The monoisotopic (exact) mass is 106 g/mol. The van der Waals surface area contributed by atoms with Gasteiger partial charge in [0.25, 0.3) is 0 Å². The van der Waals surface area contributed by atoms with Crippen LogP contribution in [0.5, 0.6) is 0 Å². The Hall–Kier alpha value is -1.23. The molecule has 0 spiro atoms. The lowest BCUT2D eigenvalue weighted by Gasteiger charge is -1.79. The zero-order valence-corrected chi connectivity index (χ0v) is 4.39. The summed E-state index contributed by atoms with van der Waals surface area (Å²) < 4.78 is 0. The van der Waals surface area contributed by atoms with Crippen molar-refractivity contribution in [3.8, 4) is 12.3 Å². The minimum Gasteiger partial charge on any atom is -0.348 e. The molecule has 8 heavy (non-hydrogen) atoms. The maximum Gasteiger partial charge on any atom is 0.118 e. The molecule has 0 atom stereocenters. The van der Waals surface area contributed by atoms with Gasteiger partial charge in [0.1, 0.15) is 5.82 Å². The minimum atomic E-state index is 0.590. The van der Waals surface area contributed by atoms with Crippen LogP contribution in [0.1, 0.15) is 5.82 Å². The van der Waals surface area contributed by atoms with E-state index in [-0.39, 0.29) is 0 Å². The van der Waals surface area contributed by atoms with E-state index < -0.39 is 0 Å². The van der Waals surface area contributed by atoms with Gasteiger partial charge in [-0.1, -0.05) is 5.92 Å². The highest BCUT2D eigenvalue weighted by molar-refractivity contribution is 4.99. The van der Waals surface area contributed by atoms with E-state index in [4.69, 9.17) is 6.42 Å². The first kappa shape index (κ1) is 4.92. The van der Waals surface area contributed by atoms with Crippen molar-refractivity contribution in [3.05, 3.63) is 18.2 Å². The van der Waals surface area contributed by atoms with E-state index in [2.05, 4.69) is 15.9 Å². The summed E-state index contributed by atoms with van der Waals surface area (Å²) in [5.74, 6) is 3.33. The maximum atomic E-state index is 5.01. The lowest BCUT2D eigenvalue weighted by atomic mass is 10.4. The molecule has 2 heteroatoms. The standard InChI is InChI=1S/C6H6N2/c1-2-3-6-7-4-5-8-6/h1,4-5H,3H2,(H,7,8). The summed E-state index contributed by atoms with van der Waals surface area (Å²) >= 11 is 0. The van der Waals surface area contributed by atoms with Crippen molar-refractivity contribution in [2.24, 2.45) is 0 Å². The summed E-state index contributed by atoms with van der Waals surface area (Å²) in [5, 5.41) is 0. The average molecular weight is 106 g/mol. The fraction of sp³-hybridized carbons (Fsp3) is 0.167. The first-order valence-corrected chi connectivity index (χ1v) is 2.35. The Morgan fingerprint density at radius 2 is 2.75 bits per heavy atom. The molecule has 0 fully saturated rings. The number of nitrogens with zero attached hydrogens (tertiary/aromatic N) is 1. The van der Waals surface area contributed by atoms with E-state index in [9.17, 15) is 0 Å². The molecule has 0 aliphatic rings. The first-order chi connectivity index (χ1) is 3.93. The van der Waals surface area contributed by atoms with E-state index >= 15 is 0 Å². The van der Waals surface area contributed by atoms with Crippen molar-refractivity contribution in [3.63, 3.8) is 0 Å². The molecule has 1 heterocycles. The van der Waals surface area contributed by atoms with Crippen LogP contribution < -0.4 is 0 Å². The fourth-order valence-corrected chi connectivity index (χ4v) is 0.491. The van der Waals surface area contributed by atoms with Crippen LogP contribution in [-0.4, -0.2) is 9.97 Å². The molecule has 40 valence electrons. The molecule has 0 bridgehead atoms. The van der Waals surface area contributed by atoms with Crippen LogP contribution in [0.15, 0.2) is 12.4 Å². The van der Waals surface area contributed by atoms with Gasteiger partial charge >= 0.3 is 0 Å². The molecule has 1 N–H and O–H groups in total. The van der Waals surface area contributed by atoms with E-state index in [1.807, 2.05) is 0 Å². The van der Waals surface area contributed by atoms with Gasteiger partial charge in [-0.05, 0) is 0 Å². The van der Waals surface area contributed by atoms with Crippen molar-refractivity contribution in [2.45, 2.75) is 6.42 Å². The molecule has 1 aromatic heterocycles. The van der Waals surface area contributed by atoms with E-state index in [0.717, 1.165) is 5.82 Å². The largest absolute Gasteiger partial charge is 0.348 e. The Morgan fingerprint density at radius 1 is 1.88 bits per heavy atom. The topological polar surface area (TPSA) is 28.7 Å². The molecule has 1 rings (SSSR count). The zero-order chi connectivity index (χ0) is 5.82. The predicted octanol–water partition coefficient (Wildman–Crippen LogP) is 0.585. The van der Waals surface area contributed by atoms with Gasteiger partial charge in [-0.3, -0.25) is 0 Å². The average Bonchev–Trinajstić information content (AvgIpc) is 2.19. The number of rotatable bonds is 1. The molecule has 0 aromatic carbocycles. The van der Waals surface area contributed by atoms with Crippen molar-refractivity contribution >= 4 is 0 Å². The lowest BCUT2D eigenvalue weighted by molar-refractivity contribution is 1.08. The second kappa shape index (κ2) is 2.17. The van der Waals surface area contributed by atoms with Crippen LogP contribution in [0, 0.1) is 12.3 Å². The summed E-state index contributed by atoms with van der Waals surface area (Å²) in [5.41, 5.74) is 0. The number of aromatic amines is 1. The molecule has 1 aromatic rings. The van der Waals surface area contributed by atoms with Gasteiger partial charge in [0.2, 0.25) is 0 Å². The zero-order valence-electron chi connectivity index (χ0n) is 4.39. The molecule has 0 aliphatic heterocycles. The smallest absolute Gasteiger partial charge is 0.118 e. The highest BCUT2D eigenvalue weighted by Gasteiger charge is 1.85. The summed E-state index contributed by atoms with van der Waals surface area (Å²) in [7, 11) is 0. The molecule has 2 nitrogen and oxygen atoms in total. The van der Waals surface area contributed by atoms with Crippen LogP contribution in [-0.2, 0) is 6.42 Å². The number of imidazole rings is 1. The number of terminal acetylenes is 1. The second-order valence-electron chi connectivity index (χ2n) is 1.42. The summed E-state index contributed by atoms with van der Waals surface area (Å²) in [4.78, 5) is 6.79. The van der Waals surface area contributed by atoms with Crippen LogP contribution >= 0.6 is 0 Å². The lowest BCUT2D eigenvalue weighted by Crippen LogP contribution is -1.81. The Morgan fingerprint density at radius 3 is 3.25 bits per heavy atom. The molecule has 0 amide bonds. The van der Waals surface area contributed by atoms with Gasteiger partial charge in [0.15, 0.2) is 0 Å². The SMILES string of the molecule is C#CCc1ncc[nH]1. The van der Waals surface area contributed by atoms with Crippen molar-refractivity contribution in [1.29, 1.82) is 0 Å². The molecule has 0 unspecified atom stereocenters. The van der Waals surface area contributed by atoms with Crippen LogP contribution in [0.4, 0.5) is 0 Å². The number of H-pyrrole nitrogens is 1. The van der Waals surface area contributed by atoms with Crippen LogP contribution in [0.25, 0.3) is 0 Å². The molecule has 0 aliphatic carbocycles. The molecular weight excluding hydrogens is 100 g/mol. The third kappa shape index (κ3) is 0.881. The Kier molecular flexibility index (Phi) is 1.34. The van der Waals surface area contributed by atoms with Crippen molar-refractivity contribution < 1.29 is 0 Å². The Bertz CT molecular complexity index is 181. The van der Waals surface area contributed by atoms with E-state index in [1.165, 1.54) is 0 Å². The van der Waals surface area contributed by atoms with E-state index in [0.29, 0.717) is 6.42 Å². The number of hydrogen-bond donors (Lipinski definition) is 1. The highest BCUT2D eigenvalue weighted by atomic mass is 14.9. The third-order valence-corrected chi connectivity index (χ3v) is 0.824. The Balaban J connectivity index is 2.67. The minimum absolute atomic E-state index is 0.590. The molecule has 0 radical (unpaired) electrons. The Labute approximate surface area is 48.0 Å². The number of nitrogens with one attached hydrogen (secondary N) is 1. The fourth-order valence-electron chi connectivity index (χ4n) is 0.491. The maximum absolute atomic E-state index is 5.01. The van der Waals surface area contributed by atoms with Crippen LogP contribution in [0.3, 0.4) is 0 Å². The number of aromatic nitrogens is 2. The number of hydrogen-bond acceptors (Lipinski definition) is 1. The van der Waals surface area contributed by atoms with Crippen LogP contribution in [0.2, 0.25) is 0 Å². The van der Waals surface area contributed by atoms with Crippen molar-refractivity contribution in [1.82, 2.24) is 9.97 Å². The summed E-state index contributed by atoms with van der Waals surface area (Å²) in [6.07, 6.45) is 9.04. The quantitative estimate of drug-likeness (QED) is 0.521. The van der Waals surface area contributed by atoms with Gasteiger partial charge in [-0.25, -0.2) is 4.98 Å². The van der Waals surface area contributed by atoms with Crippen molar-refractivity contribution in [2.75, 3.05) is 0 Å². The second-order valence-corrected chi connectivity index (χ2v) is 1.42. The van der Waals surface area contributed by atoms with E-state index in [1.54, 1.807) is 12.4 Å². The summed E-state index contributed by atoms with van der Waals surface area (Å²) in [6, 6.07) is 0. The first-order valence-electron chi connectivity index (χ1n) is 2.35. The molecule has 0 saturated carbocycles. The van der Waals surface area contributed by atoms with Gasteiger partial charge in [0, 0.05) is 12.4 Å². The summed E-state index contributed by atoms with van der Waals surface area (Å²) in [6.45, 7) is 0. The molecular formula is C6H6N2. The van der Waals surface area contributed by atoms with Gasteiger partial charge in [-0.2, -0.15) is 0 Å². The van der Waals surface area contributed by atoms with Gasteiger partial charge in [-0.15, -0.1) is 6.42 Å². The normalized spacial score (nSPS) is 8.38. The van der Waals surface area contributed by atoms with Gasteiger partial charge in [0.05, 0.1) is 6.42 Å². The highest BCUT2D eigenvalue weighted by Crippen LogP contribution is 1.85.